The van der Waals surface area contributed by atoms with Crippen LogP contribution in [0.25, 0.3) is 0 Å². The molecule has 1 aromatic carbocycles. The van der Waals surface area contributed by atoms with E-state index in [1.54, 1.807) is 0 Å². The molecule has 1 saturated carbocycles. The topological polar surface area (TPSA) is 55.9 Å². The maximum Gasteiger partial charge on any atom is 0.246 e. The van der Waals surface area contributed by atoms with E-state index in [1.165, 1.54) is 43.4 Å². The van der Waals surface area contributed by atoms with Crippen molar-refractivity contribution in [3.8, 4) is 0 Å². The standard InChI is InChI=1S/C30H48N4O2/c1-4-7-19-34-28(35)27(22-24-11-9-8-10-12-24)31-29(36)30(34)17-20-32(21-18-30)23-25-13-15-26(16-14-25)33(5-2)6-3/h13-16,24,27H,4-12,17-23H2,1-3H3,(H,31,36). The molecule has 6 nitrogen and oxygen atoms in total. The van der Waals surface area contributed by atoms with Gasteiger partial charge in [-0.05, 0) is 63.1 Å². The van der Waals surface area contributed by atoms with Crippen LogP contribution in [0.5, 0.6) is 0 Å². The third-order valence-electron chi connectivity index (χ3n) is 8.99. The average molecular weight is 497 g/mol. The summed E-state index contributed by atoms with van der Waals surface area (Å²) in [6.07, 6.45) is 10.5. The van der Waals surface area contributed by atoms with Crippen LogP contribution in [-0.4, -0.2) is 65.9 Å². The molecule has 2 heterocycles. The predicted octanol–water partition coefficient (Wildman–Crippen LogP) is 4.96. The number of carbonyl (C=O) groups is 2. The van der Waals surface area contributed by atoms with Crippen LogP contribution in [0.2, 0.25) is 0 Å². The van der Waals surface area contributed by atoms with Crippen molar-refractivity contribution in [1.29, 1.82) is 0 Å². The van der Waals surface area contributed by atoms with E-state index in [4.69, 9.17) is 0 Å². The number of benzene rings is 1. The van der Waals surface area contributed by atoms with Crippen LogP contribution in [0, 0.1) is 5.92 Å². The maximum atomic E-state index is 13.7. The molecule has 1 spiro atoms. The summed E-state index contributed by atoms with van der Waals surface area (Å²) in [5.41, 5.74) is 1.91. The van der Waals surface area contributed by atoms with Gasteiger partial charge >= 0.3 is 0 Å². The van der Waals surface area contributed by atoms with Gasteiger partial charge in [-0.25, -0.2) is 0 Å². The Morgan fingerprint density at radius 1 is 0.972 bits per heavy atom. The molecule has 1 aliphatic carbocycles. The first kappa shape index (κ1) is 27.0. The summed E-state index contributed by atoms with van der Waals surface area (Å²) in [6, 6.07) is 8.58. The Kier molecular flexibility index (Phi) is 9.32. The third-order valence-corrected chi connectivity index (χ3v) is 8.99. The maximum absolute atomic E-state index is 13.7. The molecule has 4 rings (SSSR count). The first-order valence-corrected chi connectivity index (χ1v) is 14.7. The molecule has 1 unspecified atom stereocenters. The number of hydrogen-bond donors (Lipinski definition) is 1. The van der Waals surface area contributed by atoms with E-state index in [0.29, 0.717) is 12.5 Å². The molecule has 2 amide bonds. The van der Waals surface area contributed by atoms with Crippen molar-refractivity contribution in [2.24, 2.45) is 5.92 Å². The second kappa shape index (κ2) is 12.4. The van der Waals surface area contributed by atoms with E-state index in [2.05, 4.69) is 60.2 Å². The lowest BCUT2D eigenvalue weighted by molar-refractivity contribution is -0.162. The molecule has 3 aliphatic rings. The molecule has 36 heavy (non-hydrogen) atoms. The normalized spacial score (nSPS) is 23.2. The summed E-state index contributed by atoms with van der Waals surface area (Å²) in [5.74, 6) is 0.848. The number of likely N-dealkylation sites (tertiary alicyclic amines) is 1. The molecule has 200 valence electrons. The number of hydrogen-bond acceptors (Lipinski definition) is 4. The van der Waals surface area contributed by atoms with E-state index in [0.717, 1.165) is 64.8 Å². The second-order valence-electron chi connectivity index (χ2n) is 11.3. The van der Waals surface area contributed by atoms with Crippen LogP contribution in [0.3, 0.4) is 0 Å². The fraction of sp³-hybridized carbons (Fsp3) is 0.733. The molecule has 1 atom stereocenters. The van der Waals surface area contributed by atoms with Gasteiger partial charge in [-0.3, -0.25) is 14.5 Å². The molecule has 0 radical (unpaired) electrons. The summed E-state index contributed by atoms with van der Waals surface area (Å²) in [5, 5.41) is 3.22. The van der Waals surface area contributed by atoms with E-state index < -0.39 is 5.54 Å². The lowest BCUT2D eigenvalue weighted by Crippen LogP contribution is -2.73. The highest BCUT2D eigenvalue weighted by Gasteiger charge is 2.53. The molecule has 1 aromatic rings. The average Bonchev–Trinajstić information content (AvgIpc) is 2.91. The summed E-state index contributed by atoms with van der Waals surface area (Å²) in [6.45, 7) is 11.9. The number of piperazine rings is 1. The number of rotatable bonds is 10. The minimum Gasteiger partial charge on any atom is -0.372 e. The van der Waals surface area contributed by atoms with Gasteiger partial charge < -0.3 is 15.1 Å². The summed E-state index contributed by atoms with van der Waals surface area (Å²) in [7, 11) is 0. The summed E-state index contributed by atoms with van der Waals surface area (Å²) in [4.78, 5) is 34.2. The van der Waals surface area contributed by atoms with Gasteiger partial charge in [0.25, 0.3) is 0 Å². The fourth-order valence-corrected chi connectivity index (χ4v) is 6.67. The Bertz CT molecular complexity index is 852. The van der Waals surface area contributed by atoms with Crippen LogP contribution in [0.15, 0.2) is 24.3 Å². The van der Waals surface area contributed by atoms with Crippen LogP contribution in [-0.2, 0) is 16.1 Å². The molecule has 0 bridgehead atoms. The first-order valence-electron chi connectivity index (χ1n) is 14.7. The monoisotopic (exact) mass is 496 g/mol. The van der Waals surface area contributed by atoms with Gasteiger partial charge in [0.2, 0.25) is 11.8 Å². The molecule has 2 saturated heterocycles. The SMILES string of the molecule is CCCCN1C(=O)C(CC2CCCCC2)NC(=O)C12CCN(Cc1ccc(N(CC)CC)cc1)CC2. The zero-order chi connectivity index (χ0) is 25.5. The number of nitrogens with zero attached hydrogens (tertiary/aromatic N) is 3. The van der Waals surface area contributed by atoms with Gasteiger partial charge in [0, 0.05) is 45.0 Å². The smallest absolute Gasteiger partial charge is 0.246 e. The second-order valence-corrected chi connectivity index (χ2v) is 11.3. The van der Waals surface area contributed by atoms with Gasteiger partial charge in [0.05, 0.1) is 0 Å². The first-order chi connectivity index (χ1) is 17.5. The fourth-order valence-electron chi connectivity index (χ4n) is 6.67. The molecular weight excluding hydrogens is 448 g/mol. The Morgan fingerprint density at radius 3 is 2.25 bits per heavy atom. The van der Waals surface area contributed by atoms with Gasteiger partial charge in [-0.1, -0.05) is 57.6 Å². The summed E-state index contributed by atoms with van der Waals surface area (Å²) >= 11 is 0. The minimum atomic E-state index is -0.668. The summed E-state index contributed by atoms with van der Waals surface area (Å²) < 4.78 is 0. The third kappa shape index (κ3) is 5.90. The molecule has 3 fully saturated rings. The molecule has 2 aliphatic heterocycles. The number of carbonyl (C=O) groups excluding carboxylic acids is 2. The molecule has 0 aromatic heterocycles. The van der Waals surface area contributed by atoms with E-state index in [1.807, 2.05) is 4.90 Å². The van der Waals surface area contributed by atoms with Crippen molar-refractivity contribution in [2.75, 3.05) is 37.6 Å². The molecule has 6 heteroatoms. The quantitative estimate of drug-likeness (QED) is 0.497. The number of amides is 2. The van der Waals surface area contributed by atoms with Gasteiger partial charge in [0.15, 0.2) is 0 Å². The zero-order valence-electron chi connectivity index (χ0n) is 22.9. The number of anilines is 1. The minimum absolute atomic E-state index is 0.0993. The van der Waals surface area contributed by atoms with Gasteiger partial charge in [-0.15, -0.1) is 0 Å². The zero-order valence-corrected chi connectivity index (χ0v) is 22.9. The Labute approximate surface area is 218 Å². The number of unbranched alkanes of at least 4 members (excludes halogenated alkanes) is 1. The molecule has 1 N–H and O–H groups in total. The van der Waals surface area contributed by atoms with E-state index in [9.17, 15) is 9.59 Å². The van der Waals surface area contributed by atoms with E-state index in [-0.39, 0.29) is 17.9 Å². The number of piperidine rings is 1. The van der Waals surface area contributed by atoms with Crippen LogP contribution in [0.1, 0.15) is 90.5 Å². The van der Waals surface area contributed by atoms with Crippen molar-refractivity contribution in [3.05, 3.63) is 29.8 Å². The van der Waals surface area contributed by atoms with Crippen molar-refractivity contribution in [3.63, 3.8) is 0 Å². The highest BCUT2D eigenvalue weighted by molar-refractivity contribution is 6.00. The van der Waals surface area contributed by atoms with Crippen molar-refractivity contribution in [1.82, 2.24) is 15.1 Å². The van der Waals surface area contributed by atoms with Crippen molar-refractivity contribution < 1.29 is 9.59 Å². The Balaban J connectivity index is 1.40. The number of nitrogens with one attached hydrogen (secondary N) is 1. The highest BCUT2D eigenvalue weighted by Crippen LogP contribution is 2.36. The molecular formula is C30H48N4O2. The Morgan fingerprint density at radius 2 is 1.64 bits per heavy atom. The van der Waals surface area contributed by atoms with Crippen molar-refractivity contribution >= 4 is 17.5 Å². The van der Waals surface area contributed by atoms with Crippen LogP contribution in [0.4, 0.5) is 5.69 Å². The largest absolute Gasteiger partial charge is 0.372 e. The Hall–Kier alpha value is -2.08. The lowest BCUT2D eigenvalue weighted by Gasteiger charge is -2.52. The van der Waals surface area contributed by atoms with E-state index >= 15 is 0 Å². The van der Waals surface area contributed by atoms with Crippen molar-refractivity contribution in [2.45, 2.75) is 103 Å². The highest BCUT2D eigenvalue weighted by atomic mass is 16.2. The van der Waals surface area contributed by atoms with Gasteiger partial charge in [-0.2, -0.15) is 0 Å². The van der Waals surface area contributed by atoms with Crippen LogP contribution >= 0.6 is 0 Å². The van der Waals surface area contributed by atoms with Crippen LogP contribution < -0.4 is 10.2 Å². The van der Waals surface area contributed by atoms with Gasteiger partial charge in [0.1, 0.15) is 11.6 Å². The predicted molar refractivity (Wildman–Crippen MR) is 147 cm³/mol. The lowest BCUT2D eigenvalue weighted by atomic mass is 9.79.